The van der Waals surface area contributed by atoms with Gasteiger partial charge in [-0.05, 0) is 12.1 Å². The molecular formula is C8H10ClN5. The van der Waals surface area contributed by atoms with Gasteiger partial charge in [0.05, 0.1) is 5.52 Å². The Balaban J connectivity index is 0.000000980. The minimum absolute atomic E-state index is 0. The number of hydrogen-bond acceptors (Lipinski definition) is 3. The summed E-state index contributed by atoms with van der Waals surface area (Å²) in [6, 6.07) is 7.58. The summed E-state index contributed by atoms with van der Waals surface area (Å²) in [5.74, 6) is 0.0793. The molecule has 0 spiro atoms. The van der Waals surface area contributed by atoms with Crippen molar-refractivity contribution in [1.82, 2.24) is 15.0 Å². The largest absolute Gasteiger partial charge is 0.386 e. The molecule has 74 valence electrons. The van der Waals surface area contributed by atoms with Crippen molar-refractivity contribution in [3.05, 3.63) is 24.3 Å². The molecule has 0 aliphatic carbocycles. The fourth-order valence-corrected chi connectivity index (χ4v) is 1.20. The average Bonchev–Trinajstić information content (AvgIpc) is 2.48. The molecule has 0 radical (unpaired) electrons. The van der Waals surface area contributed by atoms with Crippen molar-refractivity contribution in [2.45, 2.75) is 6.54 Å². The minimum atomic E-state index is 0. The number of para-hydroxylation sites is 1. The van der Waals surface area contributed by atoms with Crippen molar-refractivity contribution in [1.29, 1.82) is 5.41 Å². The maximum absolute atomic E-state index is 7.13. The van der Waals surface area contributed by atoms with E-state index in [1.807, 2.05) is 24.3 Å². The maximum atomic E-state index is 7.13. The van der Waals surface area contributed by atoms with Crippen LogP contribution >= 0.6 is 12.4 Å². The van der Waals surface area contributed by atoms with Gasteiger partial charge < -0.3 is 5.73 Å². The Bertz CT molecular complexity index is 450. The number of aromatic nitrogens is 3. The number of halogens is 1. The van der Waals surface area contributed by atoms with Crippen molar-refractivity contribution in [3.8, 4) is 0 Å². The highest BCUT2D eigenvalue weighted by atomic mass is 35.5. The topological polar surface area (TPSA) is 80.6 Å². The van der Waals surface area contributed by atoms with E-state index in [9.17, 15) is 0 Å². The van der Waals surface area contributed by atoms with Crippen LogP contribution in [0.15, 0.2) is 24.3 Å². The van der Waals surface area contributed by atoms with Gasteiger partial charge in [0, 0.05) is 0 Å². The van der Waals surface area contributed by atoms with E-state index in [0.29, 0.717) is 6.54 Å². The lowest BCUT2D eigenvalue weighted by molar-refractivity contribution is 0.696. The van der Waals surface area contributed by atoms with Crippen molar-refractivity contribution in [3.63, 3.8) is 0 Å². The minimum Gasteiger partial charge on any atom is -0.386 e. The van der Waals surface area contributed by atoms with Crippen LogP contribution in [0.4, 0.5) is 0 Å². The van der Waals surface area contributed by atoms with Crippen LogP contribution in [0.1, 0.15) is 0 Å². The predicted molar refractivity (Wildman–Crippen MR) is 56.7 cm³/mol. The zero-order valence-corrected chi connectivity index (χ0v) is 8.16. The standard InChI is InChI=1S/C8H9N5.ClH/c9-8(10)5-13-7-4-2-1-3-6(7)11-12-13;/h1-4H,5H2,(H3,9,10);1H. The monoisotopic (exact) mass is 211 g/mol. The molecule has 3 N–H and O–H groups in total. The van der Waals surface area contributed by atoms with Crippen molar-refractivity contribution in [2.75, 3.05) is 0 Å². The third-order valence-corrected chi connectivity index (χ3v) is 1.74. The van der Waals surface area contributed by atoms with Crippen LogP contribution in [0.3, 0.4) is 0 Å². The lowest BCUT2D eigenvalue weighted by atomic mass is 10.3. The Kier molecular flexibility index (Phi) is 3.03. The maximum Gasteiger partial charge on any atom is 0.113 e. The first kappa shape index (κ1) is 10.5. The number of hydrogen-bond donors (Lipinski definition) is 2. The highest BCUT2D eigenvalue weighted by Gasteiger charge is 2.02. The second-order valence-electron chi connectivity index (χ2n) is 2.76. The zero-order chi connectivity index (χ0) is 9.26. The molecule has 2 rings (SSSR count). The van der Waals surface area contributed by atoms with E-state index in [-0.39, 0.29) is 18.2 Å². The molecule has 0 fully saturated rings. The molecule has 0 atom stereocenters. The molecule has 5 nitrogen and oxygen atoms in total. The first-order chi connectivity index (χ1) is 6.27. The second kappa shape index (κ2) is 4.06. The second-order valence-corrected chi connectivity index (χ2v) is 2.76. The average molecular weight is 212 g/mol. The molecule has 1 aromatic carbocycles. The summed E-state index contributed by atoms with van der Waals surface area (Å²) in [7, 11) is 0. The zero-order valence-electron chi connectivity index (χ0n) is 7.34. The van der Waals surface area contributed by atoms with Gasteiger partial charge in [-0.25, -0.2) is 4.68 Å². The van der Waals surface area contributed by atoms with Gasteiger partial charge in [-0.15, -0.1) is 17.5 Å². The summed E-state index contributed by atoms with van der Waals surface area (Å²) in [6.07, 6.45) is 0. The summed E-state index contributed by atoms with van der Waals surface area (Å²) < 4.78 is 1.61. The number of nitrogens with two attached hydrogens (primary N) is 1. The summed E-state index contributed by atoms with van der Waals surface area (Å²) in [5, 5.41) is 14.9. The van der Waals surface area contributed by atoms with Crippen molar-refractivity contribution < 1.29 is 0 Å². The summed E-state index contributed by atoms with van der Waals surface area (Å²) in [4.78, 5) is 0. The molecule has 0 aliphatic rings. The fraction of sp³-hybridized carbons (Fsp3) is 0.125. The number of rotatable bonds is 2. The lowest BCUT2D eigenvalue weighted by Gasteiger charge is -1.98. The smallest absolute Gasteiger partial charge is 0.113 e. The molecule has 0 bridgehead atoms. The van der Waals surface area contributed by atoms with E-state index < -0.39 is 0 Å². The van der Waals surface area contributed by atoms with E-state index in [1.54, 1.807) is 4.68 Å². The third kappa shape index (κ3) is 1.82. The molecule has 0 unspecified atom stereocenters. The molecule has 2 aromatic rings. The summed E-state index contributed by atoms with van der Waals surface area (Å²) in [5.41, 5.74) is 6.99. The number of benzene rings is 1. The van der Waals surface area contributed by atoms with Gasteiger partial charge in [0.2, 0.25) is 0 Å². The first-order valence-corrected chi connectivity index (χ1v) is 3.88. The van der Waals surface area contributed by atoms with Gasteiger partial charge in [-0.2, -0.15) is 0 Å². The van der Waals surface area contributed by atoms with E-state index in [0.717, 1.165) is 11.0 Å². The van der Waals surface area contributed by atoms with Gasteiger partial charge in [-0.3, -0.25) is 5.41 Å². The number of amidine groups is 1. The Morgan fingerprint density at radius 3 is 2.86 bits per heavy atom. The Labute approximate surface area is 86.8 Å². The molecule has 14 heavy (non-hydrogen) atoms. The number of nitrogens with zero attached hydrogens (tertiary/aromatic N) is 3. The van der Waals surface area contributed by atoms with Gasteiger partial charge >= 0.3 is 0 Å². The van der Waals surface area contributed by atoms with Crippen LogP contribution in [-0.2, 0) is 6.54 Å². The Morgan fingerprint density at radius 1 is 1.43 bits per heavy atom. The van der Waals surface area contributed by atoms with Gasteiger partial charge in [-0.1, -0.05) is 17.3 Å². The third-order valence-electron chi connectivity index (χ3n) is 1.74. The summed E-state index contributed by atoms with van der Waals surface area (Å²) in [6.45, 7) is 0.292. The molecule has 1 aromatic heterocycles. The van der Waals surface area contributed by atoms with Crippen LogP contribution in [0, 0.1) is 5.41 Å². The quantitative estimate of drug-likeness (QED) is 0.569. The first-order valence-electron chi connectivity index (χ1n) is 3.88. The predicted octanol–water partition coefficient (Wildman–Crippen LogP) is 0.789. The molecule has 6 heteroatoms. The Hall–Kier alpha value is -1.62. The summed E-state index contributed by atoms with van der Waals surface area (Å²) >= 11 is 0. The SMILES string of the molecule is Cl.N=C(N)Cn1nnc2ccccc21. The van der Waals surface area contributed by atoms with Crippen LogP contribution in [0.5, 0.6) is 0 Å². The van der Waals surface area contributed by atoms with E-state index in [1.165, 1.54) is 0 Å². The van der Waals surface area contributed by atoms with Crippen LogP contribution in [0.25, 0.3) is 11.0 Å². The Morgan fingerprint density at radius 2 is 2.14 bits per heavy atom. The van der Waals surface area contributed by atoms with E-state index >= 15 is 0 Å². The highest BCUT2D eigenvalue weighted by molar-refractivity contribution is 5.85. The van der Waals surface area contributed by atoms with Crippen molar-refractivity contribution in [2.24, 2.45) is 5.73 Å². The molecule has 0 saturated heterocycles. The van der Waals surface area contributed by atoms with Gasteiger partial charge in [0.1, 0.15) is 17.9 Å². The van der Waals surface area contributed by atoms with Crippen LogP contribution in [-0.4, -0.2) is 20.8 Å². The van der Waals surface area contributed by atoms with Crippen LogP contribution in [0.2, 0.25) is 0 Å². The molecular weight excluding hydrogens is 202 g/mol. The molecule has 0 amide bonds. The normalized spacial score (nSPS) is 9.71. The highest BCUT2D eigenvalue weighted by Crippen LogP contribution is 2.08. The van der Waals surface area contributed by atoms with Gasteiger partial charge in [0.25, 0.3) is 0 Å². The number of fused-ring (bicyclic) bond motifs is 1. The van der Waals surface area contributed by atoms with Crippen molar-refractivity contribution >= 4 is 29.3 Å². The van der Waals surface area contributed by atoms with E-state index in [2.05, 4.69) is 10.3 Å². The number of nitrogens with one attached hydrogen (secondary N) is 1. The van der Waals surface area contributed by atoms with E-state index in [4.69, 9.17) is 11.1 Å². The molecule has 0 saturated carbocycles. The fourth-order valence-electron chi connectivity index (χ4n) is 1.20. The lowest BCUT2D eigenvalue weighted by Crippen LogP contribution is -2.18. The van der Waals surface area contributed by atoms with Crippen LogP contribution < -0.4 is 5.73 Å². The van der Waals surface area contributed by atoms with Gasteiger partial charge in [0.15, 0.2) is 0 Å². The molecule has 0 aliphatic heterocycles. The molecule has 1 heterocycles.